The van der Waals surface area contributed by atoms with Gasteiger partial charge in [-0.25, -0.2) is 14.8 Å². The molecule has 2 aromatic rings. The van der Waals surface area contributed by atoms with Crippen molar-refractivity contribution in [3.8, 4) is 0 Å². The van der Waals surface area contributed by atoms with Crippen molar-refractivity contribution >= 4 is 22.7 Å². The molecule has 1 N–H and O–H groups in total. The number of carboxylic acids is 1. The van der Waals surface area contributed by atoms with Crippen molar-refractivity contribution in [2.75, 3.05) is 31.6 Å². The maximum atomic E-state index is 11.1. The van der Waals surface area contributed by atoms with E-state index < -0.39 is 5.97 Å². The molecule has 6 heteroatoms. The fourth-order valence-corrected chi connectivity index (χ4v) is 2.67. The molecule has 1 aliphatic heterocycles. The zero-order chi connectivity index (χ0) is 15.0. The van der Waals surface area contributed by atoms with E-state index in [4.69, 9.17) is 5.11 Å². The van der Waals surface area contributed by atoms with Gasteiger partial charge < -0.3 is 14.9 Å². The maximum absolute atomic E-state index is 11.1. The van der Waals surface area contributed by atoms with Gasteiger partial charge in [-0.2, -0.15) is 0 Å². The Morgan fingerprint density at radius 1 is 1.33 bits per heavy atom. The van der Waals surface area contributed by atoms with Gasteiger partial charge in [0.05, 0.1) is 11.1 Å². The molecule has 0 radical (unpaired) electrons. The number of benzene rings is 1. The van der Waals surface area contributed by atoms with E-state index >= 15 is 0 Å². The van der Waals surface area contributed by atoms with Crippen molar-refractivity contribution in [3.05, 3.63) is 30.1 Å². The van der Waals surface area contributed by atoms with Crippen molar-refractivity contribution in [2.24, 2.45) is 0 Å². The van der Waals surface area contributed by atoms with Gasteiger partial charge in [-0.3, -0.25) is 0 Å². The number of likely N-dealkylation sites (N-methyl/N-ethyl adjacent to an activating group) is 1. The number of nitrogens with zero attached hydrogens (tertiary/aromatic N) is 4. The SMILES string of the molecule is CC1CN(c2ncnc3cc(C(=O)O)ccc23)CCN1C. The van der Waals surface area contributed by atoms with Crippen LogP contribution < -0.4 is 4.90 Å². The highest BCUT2D eigenvalue weighted by atomic mass is 16.4. The predicted octanol–water partition coefficient (Wildman–Crippen LogP) is 1.47. The Morgan fingerprint density at radius 2 is 2.14 bits per heavy atom. The Balaban J connectivity index is 2.01. The lowest BCUT2D eigenvalue weighted by Crippen LogP contribution is -2.50. The molecular weight excluding hydrogens is 268 g/mol. The molecule has 6 nitrogen and oxygen atoms in total. The molecule has 1 aromatic heterocycles. The van der Waals surface area contributed by atoms with Crippen LogP contribution >= 0.6 is 0 Å². The first kappa shape index (κ1) is 13.8. The summed E-state index contributed by atoms with van der Waals surface area (Å²) in [5, 5.41) is 9.97. The molecule has 21 heavy (non-hydrogen) atoms. The summed E-state index contributed by atoms with van der Waals surface area (Å²) < 4.78 is 0. The highest BCUT2D eigenvalue weighted by Gasteiger charge is 2.23. The first-order valence-electron chi connectivity index (χ1n) is 6.99. The van der Waals surface area contributed by atoms with Crippen LogP contribution in [0.15, 0.2) is 24.5 Å². The molecule has 0 aliphatic carbocycles. The third-order valence-corrected chi connectivity index (χ3v) is 4.12. The highest BCUT2D eigenvalue weighted by molar-refractivity contribution is 5.96. The van der Waals surface area contributed by atoms with Crippen LogP contribution in [0, 0.1) is 0 Å². The average molecular weight is 286 g/mol. The second kappa shape index (κ2) is 5.29. The predicted molar refractivity (Wildman–Crippen MR) is 80.8 cm³/mol. The van der Waals surface area contributed by atoms with Gasteiger partial charge in [0.2, 0.25) is 0 Å². The van der Waals surface area contributed by atoms with Crippen molar-refractivity contribution in [1.29, 1.82) is 0 Å². The fraction of sp³-hybridized carbons (Fsp3) is 0.400. The minimum absolute atomic E-state index is 0.249. The number of piperazine rings is 1. The molecule has 1 unspecified atom stereocenters. The summed E-state index contributed by atoms with van der Waals surface area (Å²) in [6, 6.07) is 5.47. The molecule has 0 spiro atoms. The number of rotatable bonds is 2. The number of aromatic carboxylic acids is 1. The second-order valence-corrected chi connectivity index (χ2v) is 5.51. The molecule has 110 valence electrons. The van der Waals surface area contributed by atoms with Crippen molar-refractivity contribution in [3.63, 3.8) is 0 Å². The average Bonchev–Trinajstić information content (AvgIpc) is 2.49. The highest BCUT2D eigenvalue weighted by Crippen LogP contribution is 2.25. The zero-order valence-electron chi connectivity index (χ0n) is 12.2. The van der Waals surface area contributed by atoms with Crippen LogP contribution in [0.5, 0.6) is 0 Å². The summed E-state index contributed by atoms with van der Waals surface area (Å²) in [4.78, 5) is 24.2. The van der Waals surface area contributed by atoms with Gasteiger partial charge in [0, 0.05) is 31.1 Å². The largest absolute Gasteiger partial charge is 0.478 e. The van der Waals surface area contributed by atoms with Crippen LogP contribution in [0.2, 0.25) is 0 Å². The van der Waals surface area contributed by atoms with Crippen LogP contribution in [-0.4, -0.2) is 58.7 Å². The van der Waals surface area contributed by atoms with Crippen LogP contribution in [0.25, 0.3) is 10.9 Å². The lowest BCUT2D eigenvalue weighted by molar-refractivity contribution is 0.0697. The number of hydrogen-bond acceptors (Lipinski definition) is 5. The van der Waals surface area contributed by atoms with Gasteiger partial charge in [-0.15, -0.1) is 0 Å². The summed E-state index contributed by atoms with van der Waals surface area (Å²) in [6.45, 7) is 4.99. The molecular formula is C15H18N4O2. The van der Waals surface area contributed by atoms with E-state index in [1.165, 1.54) is 6.33 Å². The Labute approximate surface area is 123 Å². The van der Waals surface area contributed by atoms with E-state index in [0.29, 0.717) is 11.6 Å². The van der Waals surface area contributed by atoms with Crippen LogP contribution in [0.1, 0.15) is 17.3 Å². The minimum atomic E-state index is -0.940. The van der Waals surface area contributed by atoms with Crippen molar-refractivity contribution in [2.45, 2.75) is 13.0 Å². The second-order valence-electron chi connectivity index (χ2n) is 5.51. The molecule has 1 atom stereocenters. The lowest BCUT2D eigenvalue weighted by atomic mass is 10.1. The smallest absolute Gasteiger partial charge is 0.335 e. The Morgan fingerprint density at radius 3 is 2.86 bits per heavy atom. The number of carboxylic acid groups (broad SMARTS) is 1. The van der Waals surface area contributed by atoms with E-state index in [1.807, 2.05) is 0 Å². The Bertz CT molecular complexity index is 688. The van der Waals surface area contributed by atoms with Crippen molar-refractivity contribution < 1.29 is 9.90 Å². The van der Waals surface area contributed by atoms with Crippen LogP contribution in [-0.2, 0) is 0 Å². The fourth-order valence-electron chi connectivity index (χ4n) is 2.67. The third kappa shape index (κ3) is 2.54. The quantitative estimate of drug-likeness (QED) is 0.901. The normalized spacial score (nSPS) is 19.9. The zero-order valence-corrected chi connectivity index (χ0v) is 12.2. The summed E-state index contributed by atoms with van der Waals surface area (Å²) in [6.07, 6.45) is 1.51. The molecule has 2 heterocycles. The Kier molecular flexibility index (Phi) is 3.47. The summed E-state index contributed by atoms with van der Waals surface area (Å²) >= 11 is 0. The summed E-state index contributed by atoms with van der Waals surface area (Å²) in [5.41, 5.74) is 0.922. The first-order chi connectivity index (χ1) is 10.1. The standard InChI is InChI=1S/C15H18N4O2/c1-10-8-19(6-5-18(10)2)14-12-4-3-11(15(20)21)7-13(12)16-9-17-14/h3-4,7,9-10H,5-6,8H2,1-2H3,(H,20,21). The third-order valence-electron chi connectivity index (χ3n) is 4.12. The number of hydrogen-bond donors (Lipinski definition) is 1. The molecule has 1 saturated heterocycles. The van der Waals surface area contributed by atoms with Crippen LogP contribution in [0.3, 0.4) is 0 Å². The van der Waals surface area contributed by atoms with Gasteiger partial charge in [-0.1, -0.05) is 0 Å². The molecule has 0 saturated carbocycles. The van der Waals surface area contributed by atoms with E-state index in [2.05, 4.69) is 33.7 Å². The number of aromatic nitrogens is 2. The van der Waals surface area contributed by atoms with Gasteiger partial charge in [0.1, 0.15) is 12.1 Å². The monoisotopic (exact) mass is 286 g/mol. The van der Waals surface area contributed by atoms with Gasteiger partial charge in [0.15, 0.2) is 0 Å². The van der Waals surface area contributed by atoms with Gasteiger partial charge in [-0.05, 0) is 32.2 Å². The van der Waals surface area contributed by atoms with E-state index in [1.54, 1.807) is 18.2 Å². The topological polar surface area (TPSA) is 69.6 Å². The molecule has 1 aromatic carbocycles. The van der Waals surface area contributed by atoms with Crippen molar-refractivity contribution in [1.82, 2.24) is 14.9 Å². The van der Waals surface area contributed by atoms with E-state index in [0.717, 1.165) is 30.8 Å². The van der Waals surface area contributed by atoms with Gasteiger partial charge in [0.25, 0.3) is 0 Å². The number of carbonyl (C=O) groups is 1. The van der Waals surface area contributed by atoms with E-state index in [9.17, 15) is 4.79 Å². The summed E-state index contributed by atoms with van der Waals surface area (Å²) in [5.74, 6) is -0.0535. The maximum Gasteiger partial charge on any atom is 0.335 e. The Hall–Kier alpha value is -2.21. The number of fused-ring (bicyclic) bond motifs is 1. The van der Waals surface area contributed by atoms with E-state index in [-0.39, 0.29) is 5.56 Å². The molecule has 0 bridgehead atoms. The molecule has 0 amide bonds. The first-order valence-corrected chi connectivity index (χ1v) is 6.99. The van der Waals surface area contributed by atoms with Gasteiger partial charge >= 0.3 is 5.97 Å². The van der Waals surface area contributed by atoms with Crippen LogP contribution in [0.4, 0.5) is 5.82 Å². The summed E-state index contributed by atoms with van der Waals surface area (Å²) in [7, 11) is 2.12. The molecule has 1 fully saturated rings. The minimum Gasteiger partial charge on any atom is -0.478 e. The molecule has 1 aliphatic rings. The lowest BCUT2D eigenvalue weighted by Gasteiger charge is -2.38. The number of anilines is 1. The molecule has 3 rings (SSSR count).